The Morgan fingerprint density at radius 3 is 2.78 bits per heavy atom. The topological polar surface area (TPSA) is 93.5 Å². The highest BCUT2D eigenvalue weighted by Crippen LogP contribution is 2.39. The van der Waals surface area contributed by atoms with Gasteiger partial charge in [-0.2, -0.15) is 4.98 Å². The van der Waals surface area contributed by atoms with Crippen LogP contribution in [-0.4, -0.2) is 27.2 Å². The van der Waals surface area contributed by atoms with Crippen molar-refractivity contribution in [3.8, 4) is 11.5 Å². The molecule has 166 valence electrons. The Labute approximate surface area is 190 Å². The minimum atomic E-state index is -0.472. The van der Waals surface area contributed by atoms with Crippen LogP contribution < -0.4 is 15.6 Å². The maximum absolute atomic E-state index is 13.1. The summed E-state index contributed by atoms with van der Waals surface area (Å²) in [6, 6.07) is 13.0. The monoisotopic (exact) mass is 451 g/mol. The molecule has 4 rings (SSSR count). The summed E-state index contributed by atoms with van der Waals surface area (Å²) in [5.74, 6) is 0.825. The summed E-state index contributed by atoms with van der Waals surface area (Å²) < 4.78 is 7.26. The average Bonchev–Trinajstić information content (AvgIpc) is 2.77. The summed E-state index contributed by atoms with van der Waals surface area (Å²) in [6.07, 6.45) is 0.121. The van der Waals surface area contributed by atoms with E-state index in [1.165, 1.54) is 29.0 Å². The molecule has 0 bridgehead atoms. The van der Waals surface area contributed by atoms with Crippen molar-refractivity contribution >= 4 is 23.5 Å². The van der Waals surface area contributed by atoms with Gasteiger partial charge in [0.25, 0.3) is 5.56 Å². The van der Waals surface area contributed by atoms with Crippen LogP contribution >= 0.6 is 11.8 Å². The molecule has 0 aliphatic carbocycles. The summed E-state index contributed by atoms with van der Waals surface area (Å²) in [6.45, 7) is 4.27. The molecule has 1 amide bonds. The van der Waals surface area contributed by atoms with Gasteiger partial charge in [0.1, 0.15) is 5.82 Å². The molecule has 2 aromatic carbocycles. The summed E-state index contributed by atoms with van der Waals surface area (Å²) >= 11 is 1.46. The number of aromatic hydroxyl groups is 1. The van der Waals surface area contributed by atoms with E-state index >= 15 is 0 Å². The predicted molar refractivity (Wildman–Crippen MR) is 125 cm³/mol. The van der Waals surface area contributed by atoms with E-state index in [4.69, 9.17) is 4.74 Å². The number of hydrogen-bond donors (Lipinski definition) is 2. The van der Waals surface area contributed by atoms with Crippen LogP contribution in [0.1, 0.15) is 41.5 Å². The van der Waals surface area contributed by atoms with Gasteiger partial charge < -0.3 is 19.7 Å². The number of anilines is 1. The molecule has 3 aromatic rings. The molecule has 0 saturated carbocycles. The Kier molecular flexibility index (Phi) is 6.23. The summed E-state index contributed by atoms with van der Waals surface area (Å²) in [7, 11) is 1.80. The average molecular weight is 452 g/mol. The summed E-state index contributed by atoms with van der Waals surface area (Å²) in [5, 5.41) is 13.4. The highest BCUT2D eigenvalue weighted by Gasteiger charge is 2.32. The number of rotatable bonds is 6. The number of aromatic nitrogens is 2. The number of nitrogens with zero attached hydrogens (tertiary/aromatic N) is 2. The molecule has 1 aliphatic rings. The van der Waals surface area contributed by atoms with Crippen molar-refractivity contribution in [2.24, 2.45) is 7.05 Å². The molecule has 1 aromatic heterocycles. The van der Waals surface area contributed by atoms with Gasteiger partial charge in [-0.3, -0.25) is 9.59 Å². The predicted octanol–water partition coefficient (Wildman–Crippen LogP) is 3.96. The van der Waals surface area contributed by atoms with E-state index < -0.39 is 5.92 Å². The molecule has 0 spiro atoms. The standard InChI is InChI=1S/C24H25N3O4S/c1-4-31-19-11-15(9-10-18(19)28)17-12-20(29)25-22-21(17)23(30)26-24(27(22)3)32-13-16-8-6-5-7-14(16)2/h5-11,17,28H,4,12-13H2,1-3H3,(H,25,29)/t17-/m1/s1. The number of benzene rings is 2. The molecule has 0 saturated heterocycles. The van der Waals surface area contributed by atoms with E-state index in [1.807, 2.05) is 32.0 Å². The largest absolute Gasteiger partial charge is 0.504 e. The molecule has 1 atom stereocenters. The highest BCUT2D eigenvalue weighted by molar-refractivity contribution is 7.98. The number of ether oxygens (including phenoxy) is 1. The van der Waals surface area contributed by atoms with E-state index in [9.17, 15) is 14.7 Å². The van der Waals surface area contributed by atoms with Gasteiger partial charge in [-0.05, 0) is 42.7 Å². The number of carbonyl (C=O) groups excluding carboxylic acids is 1. The van der Waals surface area contributed by atoms with Crippen molar-refractivity contribution in [1.82, 2.24) is 9.55 Å². The van der Waals surface area contributed by atoms with Crippen LogP contribution in [0.25, 0.3) is 0 Å². The SMILES string of the molecule is CCOc1cc([C@H]2CC(=O)Nc3c2c(=O)nc(SCc2ccccc2C)n3C)ccc1O. The van der Waals surface area contributed by atoms with Crippen LogP contribution in [-0.2, 0) is 17.6 Å². The quantitative estimate of drug-likeness (QED) is 0.435. The first-order valence-electron chi connectivity index (χ1n) is 10.4. The van der Waals surface area contributed by atoms with E-state index in [0.29, 0.717) is 34.6 Å². The fourth-order valence-corrected chi connectivity index (χ4v) is 4.92. The lowest BCUT2D eigenvalue weighted by atomic mass is 9.86. The molecule has 2 N–H and O–H groups in total. The number of hydrogen-bond acceptors (Lipinski definition) is 6. The highest BCUT2D eigenvalue weighted by atomic mass is 32.2. The van der Waals surface area contributed by atoms with Gasteiger partial charge in [0.2, 0.25) is 5.91 Å². The number of amides is 1. The first-order chi connectivity index (χ1) is 15.4. The van der Waals surface area contributed by atoms with Gasteiger partial charge in [0, 0.05) is 25.1 Å². The molecule has 2 heterocycles. The molecule has 0 radical (unpaired) electrons. The van der Waals surface area contributed by atoms with Gasteiger partial charge >= 0.3 is 0 Å². The third-order valence-electron chi connectivity index (χ3n) is 5.60. The molecule has 8 heteroatoms. The second-order valence-electron chi connectivity index (χ2n) is 7.70. The number of thioether (sulfide) groups is 1. The Balaban J connectivity index is 1.72. The van der Waals surface area contributed by atoms with Crippen LogP contribution in [0.2, 0.25) is 0 Å². The molecule has 1 aliphatic heterocycles. The number of nitrogens with one attached hydrogen (secondary N) is 1. The Morgan fingerprint density at radius 2 is 2.03 bits per heavy atom. The number of phenolic OH excluding ortho intramolecular Hbond substituents is 1. The Morgan fingerprint density at radius 1 is 1.25 bits per heavy atom. The maximum Gasteiger partial charge on any atom is 0.279 e. The van der Waals surface area contributed by atoms with Crippen molar-refractivity contribution in [3.05, 3.63) is 75.1 Å². The smallest absolute Gasteiger partial charge is 0.279 e. The molecule has 32 heavy (non-hydrogen) atoms. The third kappa shape index (κ3) is 4.23. The molecule has 7 nitrogen and oxygen atoms in total. The summed E-state index contributed by atoms with van der Waals surface area (Å²) in [4.78, 5) is 30.0. The number of carbonyl (C=O) groups is 1. The van der Waals surface area contributed by atoms with Crippen molar-refractivity contribution in [1.29, 1.82) is 0 Å². The van der Waals surface area contributed by atoms with Crippen LogP contribution in [0.5, 0.6) is 11.5 Å². The van der Waals surface area contributed by atoms with Gasteiger partial charge in [-0.15, -0.1) is 0 Å². The first-order valence-corrected chi connectivity index (χ1v) is 11.4. The van der Waals surface area contributed by atoms with Crippen LogP contribution in [0.15, 0.2) is 52.4 Å². The van der Waals surface area contributed by atoms with Gasteiger partial charge in [0.05, 0.1) is 12.2 Å². The van der Waals surface area contributed by atoms with Crippen molar-refractivity contribution in [2.45, 2.75) is 37.1 Å². The number of aryl methyl sites for hydroxylation is 1. The first kappa shape index (κ1) is 22.0. The molecule has 0 fully saturated rings. The van der Waals surface area contributed by atoms with Gasteiger partial charge in [0.15, 0.2) is 16.7 Å². The van der Waals surface area contributed by atoms with E-state index in [-0.39, 0.29) is 23.6 Å². The minimum absolute atomic E-state index is 0.0186. The molecular weight excluding hydrogens is 426 g/mol. The normalized spacial score (nSPS) is 15.2. The lowest BCUT2D eigenvalue weighted by Gasteiger charge is -2.27. The van der Waals surface area contributed by atoms with Crippen LogP contribution in [0, 0.1) is 6.92 Å². The maximum atomic E-state index is 13.1. The van der Waals surface area contributed by atoms with E-state index in [2.05, 4.69) is 16.4 Å². The Hall–Kier alpha value is -3.26. The zero-order chi connectivity index (χ0) is 22.8. The fraction of sp³-hybridized carbons (Fsp3) is 0.292. The van der Waals surface area contributed by atoms with Crippen molar-refractivity contribution in [2.75, 3.05) is 11.9 Å². The minimum Gasteiger partial charge on any atom is -0.504 e. The second-order valence-corrected chi connectivity index (χ2v) is 8.64. The van der Waals surface area contributed by atoms with Crippen molar-refractivity contribution < 1.29 is 14.6 Å². The van der Waals surface area contributed by atoms with Crippen molar-refractivity contribution in [3.63, 3.8) is 0 Å². The lowest BCUT2D eigenvalue weighted by Crippen LogP contribution is -2.33. The second kappa shape index (κ2) is 9.08. The zero-order valence-electron chi connectivity index (χ0n) is 18.2. The number of fused-ring (bicyclic) bond motifs is 1. The zero-order valence-corrected chi connectivity index (χ0v) is 19.0. The lowest BCUT2D eigenvalue weighted by molar-refractivity contribution is -0.116. The van der Waals surface area contributed by atoms with E-state index in [1.54, 1.807) is 23.7 Å². The summed E-state index contributed by atoms with van der Waals surface area (Å²) in [5.41, 5.74) is 3.15. The fourth-order valence-electron chi connectivity index (χ4n) is 3.88. The van der Waals surface area contributed by atoms with Gasteiger partial charge in [-0.1, -0.05) is 42.1 Å². The Bertz CT molecular complexity index is 1240. The van der Waals surface area contributed by atoms with Gasteiger partial charge in [-0.25, -0.2) is 0 Å². The number of phenols is 1. The molecule has 0 unspecified atom stereocenters. The third-order valence-corrected chi connectivity index (χ3v) is 6.68. The van der Waals surface area contributed by atoms with Crippen LogP contribution in [0.4, 0.5) is 5.82 Å². The van der Waals surface area contributed by atoms with Crippen LogP contribution in [0.3, 0.4) is 0 Å². The van der Waals surface area contributed by atoms with E-state index in [0.717, 1.165) is 5.56 Å². The molecular formula is C24H25N3O4S.